The summed E-state index contributed by atoms with van der Waals surface area (Å²) in [5.74, 6) is 2.74. The van der Waals surface area contributed by atoms with Gasteiger partial charge in [-0.3, -0.25) is 4.79 Å². The molecule has 0 bridgehead atoms. The van der Waals surface area contributed by atoms with Crippen LogP contribution in [0.2, 0.25) is 0 Å². The van der Waals surface area contributed by atoms with Gasteiger partial charge in [0.05, 0.1) is 19.1 Å². The Morgan fingerprint density at radius 1 is 1.07 bits per heavy atom. The zero-order valence-electron chi connectivity index (χ0n) is 19.3. The van der Waals surface area contributed by atoms with Gasteiger partial charge < -0.3 is 19.6 Å². The number of nitrogens with one attached hydrogen (secondary N) is 1. The average molecular weight is 492 g/mol. The zero-order chi connectivity index (χ0) is 21.5. The molecular weight excluding hydrogens is 454 g/mol. The molecule has 0 aliphatic heterocycles. The van der Waals surface area contributed by atoms with E-state index in [1.165, 1.54) is 0 Å². The van der Waals surface area contributed by atoms with Crippen LogP contribution in [0.15, 0.2) is 0 Å². The Kier molecular flexibility index (Phi) is 21.6. The van der Waals surface area contributed by atoms with Gasteiger partial charge in [-0.1, -0.05) is 35.4 Å². The molecule has 0 aromatic carbocycles. The molecule has 0 fully saturated rings. The number of carbonyl (C=O) groups is 1. The Morgan fingerprint density at radius 3 is 2.34 bits per heavy atom. The number of amides is 1. The molecule has 1 amide bonds. The van der Waals surface area contributed by atoms with Gasteiger partial charge >= 0.3 is 57.4 Å². The summed E-state index contributed by atoms with van der Waals surface area (Å²) >= 11 is 1.83. The average Bonchev–Trinajstić information content (AvgIpc) is 2.56. The van der Waals surface area contributed by atoms with E-state index < -0.39 is 5.60 Å². The van der Waals surface area contributed by atoms with Gasteiger partial charge in [-0.05, 0) is 47.1 Å². The Balaban J connectivity index is 0. The maximum absolute atomic E-state index is 12.1. The molecule has 0 heterocycles. The summed E-state index contributed by atoms with van der Waals surface area (Å²) in [7, 11) is 3.71. The normalized spacial score (nSPS) is 11.8. The van der Waals surface area contributed by atoms with Crippen LogP contribution in [-0.2, 0) is 19.1 Å². The number of esters is 1. The van der Waals surface area contributed by atoms with Crippen molar-refractivity contribution < 1.29 is 70.4 Å². The van der Waals surface area contributed by atoms with Crippen molar-refractivity contribution in [3.63, 3.8) is 0 Å². The summed E-state index contributed by atoms with van der Waals surface area (Å²) in [5.41, 5.74) is -0.487. The first kappa shape index (κ1) is 32.8. The van der Waals surface area contributed by atoms with Gasteiger partial charge in [-0.15, -0.1) is 0 Å². The molecule has 9 heteroatoms. The van der Waals surface area contributed by atoms with E-state index in [0.717, 1.165) is 30.1 Å². The zero-order valence-corrected chi connectivity index (χ0v) is 24.9. The second kappa shape index (κ2) is 19.1. The van der Waals surface area contributed by atoms with E-state index in [4.69, 9.17) is 9.47 Å². The van der Waals surface area contributed by atoms with Gasteiger partial charge in [0.2, 0.25) is 0 Å². The largest absolute Gasteiger partial charge is 1.00 e. The standard InChI is InChI=1S/C20H38NO4S3.K/c1-17(2)24-12-9-19(3,4)25-18(23)8-14-26-20(5,6)10-15-28-27-13-7-11-21-16-22;/h17H,7-15H2,1-6H3,(H,21,22);/q-1;+1. The number of ether oxygens (including phenoxy) is 2. The second-order valence-electron chi connectivity index (χ2n) is 8.04. The number of rotatable bonds is 18. The summed E-state index contributed by atoms with van der Waals surface area (Å²) < 4.78 is 11.3. The smallest absolute Gasteiger partial charge is 0.530 e. The van der Waals surface area contributed by atoms with Crippen molar-refractivity contribution in [1.29, 1.82) is 0 Å². The molecule has 0 aliphatic rings. The fraction of sp³-hybridized carbons (Fsp3) is 0.900. The van der Waals surface area contributed by atoms with Gasteiger partial charge in [0.1, 0.15) is 5.60 Å². The van der Waals surface area contributed by atoms with E-state index in [0.29, 0.717) is 26.0 Å². The van der Waals surface area contributed by atoms with Gasteiger partial charge in [-0.2, -0.15) is 18.2 Å². The first-order valence-corrected chi connectivity index (χ1v) is 13.4. The van der Waals surface area contributed by atoms with Crippen LogP contribution >= 0.6 is 33.3 Å². The van der Waals surface area contributed by atoms with E-state index in [9.17, 15) is 9.59 Å². The minimum atomic E-state index is -0.487. The van der Waals surface area contributed by atoms with E-state index in [2.05, 4.69) is 19.2 Å². The van der Waals surface area contributed by atoms with Crippen LogP contribution < -0.4 is 56.7 Å². The molecule has 0 aliphatic carbocycles. The van der Waals surface area contributed by atoms with Crippen LogP contribution in [0, 0.1) is 0 Å². The topological polar surface area (TPSA) is 64.6 Å². The molecule has 29 heavy (non-hydrogen) atoms. The van der Waals surface area contributed by atoms with Crippen LogP contribution in [0.3, 0.4) is 0 Å². The van der Waals surface area contributed by atoms with Gasteiger partial charge in [-0.25, -0.2) is 0 Å². The van der Waals surface area contributed by atoms with Crippen molar-refractivity contribution >= 4 is 45.7 Å². The van der Waals surface area contributed by atoms with Crippen LogP contribution in [-0.4, -0.2) is 59.2 Å². The van der Waals surface area contributed by atoms with Crippen LogP contribution in [0.4, 0.5) is 0 Å². The maximum Gasteiger partial charge on any atom is 1.00 e. The quantitative estimate of drug-likeness (QED) is 0.0784. The predicted octanol–water partition coefficient (Wildman–Crippen LogP) is 1.85. The summed E-state index contributed by atoms with van der Waals surface area (Å²) in [5, 5.41) is 2.55. The Bertz CT molecular complexity index is 438. The first-order chi connectivity index (χ1) is 13.1. The minimum Gasteiger partial charge on any atom is -0.530 e. The van der Waals surface area contributed by atoms with E-state index in [1.54, 1.807) is 6.41 Å². The van der Waals surface area contributed by atoms with Crippen molar-refractivity contribution in [1.82, 2.24) is 5.32 Å². The monoisotopic (exact) mass is 491 g/mol. The van der Waals surface area contributed by atoms with Crippen LogP contribution in [0.25, 0.3) is 0 Å². The molecule has 0 aromatic heterocycles. The van der Waals surface area contributed by atoms with Crippen molar-refractivity contribution in [2.75, 3.05) is 30.4 Å². The molecule has 0 unspecified atom stereocenters. The fourth-order valence-corrected chi connectivity index (χ4v) is 5.71. The summed E-state index contributed by atoms with van der Waals surface area (Å²) in [6, 6.07) is 0. The third kappa shape index (κ3) is 22.6. The third-order valence-corrected chi connectivity index (χ3v) is 7.70. The number of thioether (sulfide) groups is 1. The van der Waals surface area contributed by atoms with Crippen LogP contribution in [0.5, 0.6) is 0 Å². The van der Waals surface area contributed by atoms with Gasteiger partial charge in [0.25, 0.3) is 0 Å². The molecule has 166 valence electrons. The van der Waals surface area contributed by atoms with E-state index in [-0.39, 0.29) is 68.2 Å². The Morgan fingerprint density at radius 2 is 1.72 bits per heavy atom. The summed E-state index contributed by atoms with van der Waals surface area (Å²) in [6.07, 6.45) is 5.07. The molecule has 0 radical (unpaired) electrons. The summed E-state index contributed by atoms with van der Waals surface area (Å²) in [6.45, 7) is 13.6. The van der Waals surface area contributed by atoms with Crippen molar-refractivity contribution in [3.8, 4) is 0 Å². The molecule has 1 N–H and O–H groups in total. The fourth-order valence-electron chi connectivity index (χ4n) is 2.11. The van der Waals surface area contributed by atoms with Gasteiger partial charge in [0.15, 0.2) is 0 Å². The number of hydrogen-bond donors (Lipinski definition) is 1. The van der Waals surface area contributed by atoms with Crippen molar-refractivity contribution in [2.24, 2.45) is 0 Å². The third-order valence-electron chi connectivity index (χ3n) is 3.82. The molecule has 0 rings (SSSR count). The number of carbonyl (C=O) groups excluding carboxylic acids is 2. The molecule has 0 saturated carbocycles. The van der Waals surface area contributed by atoms with Crippen LogP contribution in [0.1, 0.15) is 67.2 Å². The van der Waals surface area contributed by atoms with Crippen molar-refractivity contribution in [3.05, 3.63) is 0 Å². The van der Waals surface area contributed by atoms with E-state index in [1.807, 2.05) is 61.0 Å². The molecule has 0 aromatic rings. The molecule has 5 nitrogen and oxygen atoms in total. The Hall–Kier alpha value is 1.59. The minimum absolute atomic E-state index is 0. The molecule has 0 spiro atoms. The predicted molar refractivity (Wildman–Crippen MR) is 125 cm³/mol. The first-order valence-electron chi connectivity index (χ1n) is 9.90. The second-order valence-corrected chi connectivity index (χ2v) is 12.5. The molecule has 0 atom stereocenters. The summed E-state index contributed by atoms with van der Waals surface area (Å²) in [4.78, 5) is 22.2. The Labute approximate surface area is 232 Å². The molecule has 0 saturated heterocycles. The van der Waals surface area contributed by atoms with Gasteiger partial charge in [0, 0.05) is 28.4 Å². The SMILES string of the molecule is CC(C)OCCC(C)(C)OC(=O)CCSC(C)(C)CCSSCCCN[C-]=O.[K+]. The maximum atomic E-state index is 12.1. The van der Waals surface area contributed by atoms with Crippen molar-refractivity contribution in [2.45, 2.75) is 83.7 Å². The number of hydrogen-bond acceptors (Lipinski definition) is 7. The van der Waals surface area contributed by atoms with E-state index >= 15 is 0 Å². The molecular formula is C20H38KNO4S3.